The lowest BCUT2D eigenvalue weighted by Gasteiger charge is -2.35. The summed E-state index contributed by atoms with van der Waals surface area (Å²) >= 11 is 0. The molecule has 0 spiro atoms. The molecule has 4 rings (SSSR count). The molecule has 0 unspecified atom stereocenters. The summed E-state index contributed by atoms with van der Waals surface area (Å²) in [6.45, 7) is 4.85. The lowest BCUT2D eigenvalue weighted by atomic mass is 10.3. The SMILES string of the molecule is Cc1nc(N2CCN(C(=O)Cn3cncn3)CC2)cc(-n2ccnc2)n1. The van der Waals surface area contributed by atoms with E-state index in [1.54, 1.807) is 23.5 Å². The maximum Gasteiger partial charge on any atom is 0.244 e. The average Bonchev–Trinajstić information content (AvgIpc) is 3.35. The van der Waals surface area contributed by atoms with Gasteiger partial charge in [0.05, 0.1) is 0 Å². The zero-order valence-electron chi connectivity index (χ0n) is 14.4. The lowest BCUT2D eigenvalue weighted by Crippen LogP contribution is -2.50. The average molecular weight is 353 g/mol. The van der Waals surface area contributed by atoms with E-state index in [4.69, 9.17) is 0 Å². The first-order valence-electron chi connectivity index (χ1n) is 8.38. The number of hydrogen-bond donors (Lipinski definition) is 0. The minimum Gasteiger partial charge on any atom is -0.353 e. The highest BCUT2D eigenvalue weighted by Gasteiger charge is 2.23. The minimum atomic E-state index is 0.0492. The molecular formula is C16H19N9O. The zero-order valence-corrected chi connectivity index (χ0v) is 14.4. The summed E-state index contributed by atoms with van der Waals surface area (Å²) in [5.41, 5.74) is 0. The van der Waals surface area contributed by atoms with Crippen molar-refractivity contribution in [2.45, 2.75) is 13.5 Å². The second kappa shape index (κ2) is 6.90. The molecule has 1 aliphatic heterocycles. The van der Waals surface area contributed by atoms with Gasteiger partial charge in [0.2, 0.25) is 5.91 Å². The van der Waals surface area contributed by atoms with Crippen molar-refractivity contribution in [3.8, 4) is 5.82 Å². The van der Waals surface area contributed by atoms with E-state index in [0.717, 1.165) is 24.7 Å². The second-order valence-corrected chi connectivity index (χ2v) is 6.06. The molecule has 134 valence electrons. The van der Waals surface area contributed by atoms with Gasteiger partial charge < -0.3 is 9.80 Å². The van der Waals surface area contributed by atoms with Crippen molar-refractivity contribution in [3.05, 3.63) is 43.3 Å². The van der Waals surface area contributed by atoms with Gasteiger partial charge >= 0.3 is 0 Å². The van der Waals surface area contributed by atoms with Gasteiger partial charge in [-0.3, -0.25) is 9.36 Å². The first-order chi connectivity index (χ1) is 12.7. The number of aromatic nitrogens is 7. The number of nitrogens with zero attached hydrogens (tertiary/aromatic N) is 9. The van der Waals surface area contributed by atoms with E-state index < -0.39 is 0 Å². The number of hydrogen-bond acceptors (Lipinski definition) is 7. The van der Waals surface area contributed by atoms with Crippen molar-refractivity contribution in [1.82, 2.24) is 39.2 Å². The normalized spacial score (nSPS) is 14.7. The fourth-order valence-corrected chi connectivity index (χ4v) is 2.96. The summed E-state index contributed by atoms with van der Waals surface area (Å²) in [6.07, 6.45) is 8.27. The monoisotopic (exact) mass is 353 g/mol. The summed E-state index contributed by atoms with van der Waals surface area (Å²) < 4.78 is 3.40. The van der Waals surface area contributed by atoms with Crippen LogP contribution in [0.15, 0.2) is 37.4 Å². The van der Waals surface area contributed by atoms with Crippen molar-refractivity contribution in [3.63, 3.8) is 0 Å². The molecule has 3 aromatic rings. The quantitative estimate of drug-likeness (QED) is 0.646. The number of piperazine rings is 1. The Labute approximate surface area is 150 Å². The standard InChI is InChI=1S/C16H19N9O/c1-13-20-14(8-15(21-13)24-3-2-17-11-24)22-4-6-23(7-5-22)16(26)9-25-12-18-10-19-25/h2-3,8,10-12H,4-7,9H2,1H3. The lowest BCUT2D eigenvalue weighted by molar-refractivity contribution is -0.132. The Bertz CT molecular complexity index is 867. The smallest absolute Gasteiger partial charge is 0.244 e. The molecule has 0 atom stereocenters. The van der Waals surface area contributed by atoms with E-state index in [-0.39, 0.29) is 12.5 Å². The van der Waals surface area contributed by atoms with Gasteiger partial charge in [-0.15, -0.1) is 0 Å². The summed E-state index contributed by atoms with van der Waals surface area (Å²) in [4.78, 5) is 33.3. The molecule has 0 aliphatic carbocycles. The van der Waals surface area contributed by atoms with E-state index in [9.17, 15) is 4.79 Å². The zero-order chi connectivity index (χ0) is 17.9. The van der Waals surface area contributed by atoms with Crippen molar-refractivity contribution in [2.24, 2.45) is 0 Å². The Morgan fingerprint density at radius 2 is 1.88 bits per heavy atom. The van der Waals surface area contributed by atoms with Crippen LogP contribution in [-0.4, -0.2) is 71.3 Å². The van der Waals surface area contributed by atoms with Crippen LogP contribution >= 0.6 is 0 Å². The van der Waals surface area contributed by atoms with E-state index in [1.807, 2.05) is 28.7 Å². The molecule has 0 N–H and O–H groups in total. The number of carbonyl (C=O) groups excluding carboxylic acids is 1. The van der Waals surface area contributed by atoms with Crippen LogP contribution in [0.3, 0.4) is 0 Å². The predicted octanol–water partition coefficient (Wildman–Crippen LogP) is -0.0890. The fourth-order valence-electron chi connectivity index (χ4n) is 2.96. The summed E-state index contributed by atoms with van der Waals surface area (Å²) in [7, 11) is 0. The summed E-state index contributed by atoms with van der Waals surface area (Å²) in [6, 6.07) is 1.95. The molecule has 1 aliphatic rings. The third-order valence-corrected chi connectivity index (χ3v) is 4.30. The van der Waals surface area contributed by atoms with Gasteiger partial charge in [0.15, 0.2) is 0 Å². The molecule has 0 saturated carbocycles. The third kappa shape index (κ3) is 3.39. The fraction of sp³-hybridized carbons (Fsp3) is 0.375. The first-order valence-corrected chi connectivity index (χ1v) is 8.38. The van der Waals surface area contributed by atoms with Crippen LogP contribution in [0.2, 0.25) is 0 Å². The summed E-state index contributed by atoms with van der Waals surface area (Å²) in [5.74, 6) is 2.41. The molecule has 1 amide bonds. The Morgan fingerprint density at radius 1 is 1.08 bits per heavy atom. The largest absolute Gasteiger partial charge is 0.353 e. The molecule has 10 heteroatoms. The number of amides is 1. The van der Waals surface area contributed by atoms with Crippen LogP contribution in [0.5, 0.6) is 0 Å². The third-order valence-electron chi connectivity index (χ3n) is 4.30. The van der Waals surface area contributed by atoms with Crippen molar-refractivity contribution in [1.29, 1.82) is 0 Å². The van der Waals surface area contributed by atoms with Gasteiger partial charge in [0.1, 0.15) is 43.0 Å². The number of aryl methyl sites for hydroxylation is 1. The van der Waals surface area contributed by atoms with Gasteiger partial charge in [-0.05, 0) is 6.92 Å². The molecule has 0 radical (unpaired) electrons. The van der Waals surface area contributed by atoms with Crippen LogP contribution in [0.25, 0.3) is 5.82 Å². The van der Waals surface area contributed by atoms with Gasteiger partial charge in [-0.25, -0.2) is 24.6 Å². The molecule has 0 aromatic carbocycles. The molecule has 26 heavy (non-hydrogen) atoms. The van der Waals surface area contributed by atoms with E-state index >= 15 is 0 Å². The molecule has 10 nitrogen and oxygen atoms in total. The van der Waals surface area contributed by atoms with E-state index in [2.05, 4.69) is 29.9 Å². The van der Waals surface area contributed by atoms with Crippen molar-refractivity contribution >= 4 is 11.7 Å². The topological polar surface area (TPSA) is 97.9 Å². The second-order valence-electron chi connectivity index (χ2n) is 6.06. The van der Waals surface area contributed by atoms with Gasteiger partial charge in [-0.2, -0.15) is 5.10 Å². The van der Waals surface area contributed by atoms with E-state index in [1.165, 1.54) is 6.33 Å². The Morgan fingerprint density at radius 3 is 2.58 bits per heavy atom. The number of rotatable bonds is 4. The summed E-state index contributed by atoms with van der Waals surface area (Å²) in [5, 5.41) is 3.98. The van der Waals surface area contributed by atoms with Gasteiger partial charge in [0, 0.05) is 44.6 Å². The first kappa shape index (κ1) is 16.2. The molecular weight excluding hydrogens is 334 g/mol. The van der Waals surface area contributed by atoms with Crippen molar-refractivity contribution < 1.29 is 4.79 Å². The molecule has 3 aromatic heterocycles. The number of imidazole rings is 1. The highest BCUT2D eigenvalue weighted by Crippen LogP contribution is 2.17. The van der Waals surface area contributed by atoms with Crippen molar-refractivity contribution in [2.75, 3.05) is 31.1 Å². The number of anilines is 1. The molecule has 4 heterocycles. The molecule has 1 fully saturated rings. The van der Waals surface area contributed by atoms with Crippen LogP contribution in [0.4, 0.5) is 5.82 Å². The Balaban J connectivity index is 1.42. The van der Waals surface area contributed by atoms with Crippen LogP contribution in [0.1, 0.15) is 5.82 Å². The van der Waals surface area contributed by atoms with E-state index in [0.29, 0.717) is 18.9 Å². The van der Waals surface area contributed by atoms with Crippen LogP contribution < -0.4 is 4.90 Å². The minimum absolute atomic E-state index is 0.0492. The Kier molecular flexibility index (Phi) is 4.30. The Hall–Kier alpha value is -3.30. The van der Waals surface area contributed by atoms with Crippen LogP contribution in [-0.2, 0) is 11.3 Å². The van der Waals surface area contributed by atoms with Gasteiger partial charge in [-0.1, -0.05) is 0 Å². The molecule has 0 bridgehead atoms. The molecule has 1 saturated heterocycles. The maximum absolute atomic E-state index is 12.4. The van der Waals surface area contributed by atoms with Crippen LogP contribution in [0, 0.1) is 6.92 Å². The predicted molar refractivity (Wildman–Crippen MR) is 92.7 cm³/mol. The number of carbonyl (C=O) groups is 1. The highest BCUT2D eigenvalue weighted by atomic mass is 16.2. The highest BCUT2D eigenvalue weighted by molar-refractivity contribution is 5.76. The van der Waals surface area contributed by atoms with Gasteiger partial charge in [0.25, 0.3) is 0 Å². The maximum atomic E-state index is 12.4.